The zero-order valence-electron chi connectivity index (χ0n) is 4.75. The van der Waals surface area contributed by atoms with E-state index in [1.165, 1.54) is 0 Å². The fraction of sp³-hybridized carbons (Fsp3) is 0.750. The summed E-state index contributed by atoms with van der Waals surface area (Å²) in [5, 5.41) is 2.85. The number of carbonyl (C=O) groups is 1. The second-order valence-electron chi connectivity index (χ2n) is 1.38. The molecule has 0 atom stereocenters. The van der Waals surface area contributed by atoms with E-state index in [-0.39, 0.29) is 6.42 Å². The molecular formula is C4H6ClN3O. The quantitative estimate of drug-likeness (QED) is 0.260. The van der Waals surface area contributed by atoms with Crippen LogP contribution in [0.2, 0.25) is 0 Å². The molecule has 0 aliphatic rings. The highest BCUT2D eigenvalue weighted by Gasteiger charge is 1.94. The molecule has 0 aliphatic heterocycles. The number of halogens is 1. The summed E-state index contributed by atoms with van der Waals surface area (Å²) in [5.74, 6) is -0.0229. The van der Waals surface area contributed by atoms with Gasteiger partial charge in [-0.3, -0.25) is 4.79 Å². The van der Waals surface area contributed by atoms with E-state index in [1.54, 1.807) is 0 Å². The number of hydrogen-bond acceptors (Lipinski definition) is 1. The molecule has 0 aromatic rings. The summed E-state index contributed by atoms with van der Waals surface area (Å²) >= 11 is 5.26. The average Bonchev–Trinajstić information content (AvgIpc) is 1.85. The normalized spacial score (nSPS) is 8.11. The van der Waals surface area contributed by atoms with Crippen LogP contribution in [0.25, 0.3) is 10.4 Å². The molecule has 0 saturated heterocycles. The average molecular weight is 148 g/mol. The molecule has 0 aromatic carbocycles. The fourth-order valence-electron chi connectivity index (χ4n) is 0.318. The van der Waals surface area contributed by atoms with E-state index in [4.69, 9.17) is 17.1 Å². The van der Waals surface area contributed by atoms with Gasteiger partial charge in [0, 0.05) is 17.2 Å². The summed E-state index contributed by atoms with van der Waals surface area (Å²) in [4.78, 5) is 12.6. The molecule has 0 heterocycles. The minimum atomic E-state index is -0.446. The molecule has 5 heteroatoms. The molecule has 0 aromatic heterocycles. The van der Waals surface area contributed by atoms with Gasteiger partial charge in [0.1, 0.15) is 0 Å². The van der Waals surface area contributed by atoms with Gasteiger partial charge in [-0.25, -0.2) is 0 Å². The third-order valence-corrected chi connectivity index (χ3v) is 0.948. The van der Waals surface area contributed by atoms with Gasteiger partial charge in [-0.1, -0.05) is 0 Å². The van der Waals surface area contributed by atoms with Gasteiger partial charge in [0.05, 0.1) is 0 Å². The molecule has 0 aliphatic carbocycles. The molecule has 0 spiro atoms. The first-order chi connectivity index (χ1) is 4.31. The fourth-order valence-corrected chi connectivity index (χ4v) is 0.452. The Labute approximate surface area is 57.4 Å². The van der Waals surface area contributed by atoms with Gasteiger partial charge >= 0.3 is 0 Å². The van der Waals surface area contributed by atoms with Crippen LogP contribution in [-0.4, -0.2) is 11.8 Å². The summed E-state index contributed by atoms with van der Waals surface area (Å²) in [6.07, 6.45) is 0.812. The highest BCUT2D eigenvalue weighted by molar-refractivity contribution is 6.17. The first-order valence-corrected chi connectivity index (χ1v) is 2.98. The Morgan fingerprint density at radius 1 is 1.78 bits per heavy atom. The molecule has 1 amide bonds. The van der Waals surface area contributed by atoms with Gasteiger partial charge in [0.15, 0.2) is 0 Å². The number of hydrogen-bond donors (Lipinski definition) is 0. The lowest BCUT2D eigenvalue weighted by Gasteiger charge is -1.85. The monoisotopic (exact) mass is 147 g/mol. The minimum Gasteiger partial charge on any atom is -0.293 e. The minimum absolute atomic E-state index is 0.244. The van der Waals surface area contributed by atoms with Crippen molar-refractivity contribution >= 4 is 17.5 Å². The number of amides is 1. The highest BCUT2D eigenvalue weighted by atomic mass is 35.5. The SMILES string of the molecule is [N-]=[N+]=NC(=O)CCCCl. The number of rotatable bonds is 3. The Balaban J connectivity index is 3.39. The summed E-state index contributed by atoms with van der Waals surface area (Å²) in [6, 6.07) is 0. The van der Waals surface area contributed by atoms with Crippen LogP contribution < -0.4 is 0 Å². The van der Waals surface area contributed by atoms with Crippen LogP contribution in [0.1, 0.15) is 12.8 Å². The Morgan fingerprint density at radius 3 is 2.89 bits per heavy atom. The van der Waals surface area contributed by atoms with Gasteiger partial charge in [-0.05, 0) is 17.1 Å². The van der Waals surface area contributed by atoms with Crippen molar-refractivity contribution in [2.45, 2.75) is 12.8 Å². The van der Waals surface area contributed by atoms with E-state index in [0.717, 1.165) is 0 Å². The number of azide groups is 1. The van der Waals surface area contributed by atoms with Crippen LogP contribution in [0.15, 0.2) is 5.11 Å². The molecular weight excluding hydrogens is 142 g/mol. The van der Waals surface area contributed by atoms with Crippen molar-refractivity contribution in [1.29, 1.82) is 0 Å². The highest BCUT2D eigenvalue weighted by Crippen LogP contribution is 1.93. The number of carbonyl (C=O) groups excluding carboxylic acids is 1. The molecule has 0 radical (unpaired) electrons. The van der Waals surface area contributed by atoms with Crippen molar-refractivity contribution in [3.05, 3.63) is 10.4 Å². The predicted octanol–water partition coefficient (Wildman–Crippen LogP) is 1.84. The smallest absolute Gasteiger partial charge is 0.218 e. The Kier molecular flexibility index (Phi) is 4.97. The maximum absolute atomic E-state index is 10.3. The lowest BCUT2D eigenvalue weighted by molar-refractivity contribution is -0.117. The topological polar surface area (TPSA) is 65.8 Å². The first-order valence-electron chi connectivity index (χ1n) is 2.45. The van der Waals surface area contributed by atoms with E-state index in [2.05, 4.69) is 10.0 Å². The summed E-state index contributed by atoms with van der Waals surface area (Å²) < 4.78 is 0. The van der Waals surface area contributed by atoms with E-state index < -0.39 is 5.91 Å². The summed E-state index contributed by atoms with van der Waals surface area (Å²) in [7, 11) is 0. The van der Waals surface area contributed by atoms with E-state index in [1.807, 2.05) is 0 Å². The maximum Gasteiger partial charge on any atom is 0.218 e. The molecule has 0 rings (SSSR count). The summed E-state index contributed by atoms with van der Waals surface area (Å²) in [5.41, 5.74) is 7.74. The van der Waals surface area contributed by atoms with Gasteiger partial charge in [-0.15, -0.1) is 11.6 Å². The van der Waals surface area contributed by atoms with Crippen molar-refractivity contribution in [2.24, 2.45) is 5.11 Å². The Bertz CT molecular complexity index is 141. The molecule has 0 N–H and O–H groups in total. The van der Waals surface area contributed by atoms with Crippen LogP contribution in [0.3, 0.4) is 0 Å². The third-order valence-electron chi connectivity index (χ3n) is 0.681. The van der Waals surface area contributed by atoms with Gasteiger partial charge in [-0.2, -0.15) is 0 Å². The van der Waals surface area contributed by atoms with Crippen LogP contribution in [0, 0.1) is 0 Å². The van der Waals surface area contributed by atoms with E-state index >= 15 is 0 Å². The molecule has 4 nitrogen and oxygen atoms in total. The second kappa shape index (κ2) is 5.41. The van der Waals surface area contributed by atoms with Crippen molar-refractivity contribution < 1.29 is 4.79 Å². The van der Waals surface area contributed by atoms with Crippen LogP contribution in [-0.2, 0) is 4.79 Å². The molecule has 9 heavy (non-hydrogen) atoms. The molecule has 0 bridgehead atoms. The van der Waals surface area contributed by atoms with Crippen molar-refractivity contribution in [1.82, 2.24) is 0 Å². The number of alkyl halides is 1. The largest absolute Gasteiger partial charge is 0.293 e. The Morgan fingerprint density at radius 2 is 2.44 bits per heavy atom. The lowest BCUT2D eigenvalue weighted by atomic mass is 10.3. The van der Waals surface area contributed by atoms with Crippen LogP contribution in [0.5, 0.6) is 0 Å². The van der Waals surface area contributed by atoms with Crippen molar-refractivity contribution in [2.75, 3.05) is 5.88 Å². The summed E-state index contributed by atoms with van der Waals surface area (Å²) in [6.45, 7) is 0. The van der Waals surface area contributed by atoms with E-state index in [9.17, 15) is 4.79 Å². The first kappa shape index (κ1) is 8.27. The second-order valence-corrected chi connectivity index (χ2v) is 1.75. The standard InChI is InChI=1S/C4H6ClN3O/c5-3-1-2-4(9)7-8-6/h1-3H2. The number of nitrogens with zero attached hydrogens (tertiary/aromatic N) is 3. The molecule has 0 unspecified atom stereocenters. The van der Waals surface area contributed by atoms with E-state index in [0.29, 0.717) is 12.3 Å². The third kappa shape index (κ3) is 5.14. The van der Waals surface area contributed by atoms with Gasteiger partial charge in [0.25, 0.3) is 0 Å². The molecule has 50 valence electrons. The zero-order chi connectivity index (χ0) is 7.11. The van der Waals surface area contributed by atoms with Crippen LogP contribution in [0.4, 0.5) is 0 Å². The molecule has 0 saturated carbocycles. The van der Waals surface area contributed by atoms with Crippen LogP contribution >= 0.6 is 11.6 Å². The van der Waals surface area contributed by atoms with Crippen molar-refractivity contribution in [3.8, 4) is 0 Å². The lowest BCUT2D eigenvalue weighted by Crippen LogP contribution is -1.90. The molecule has 0 fully saturated rings. The maximum atomic E-state index is 10.3. The van der Waals surface area contributed by atoms with Gasteiger partial charge in [0.2, 0.25) is 5.91 Å². The van der Waals surface area contributed by atoms with Crippen molar-refractivity contribution in [3.63, 3.8) is 0 Å². The predicted molar refractivity (Wildman–Crippen MR) is 34.1 cm³/mol. The zero-order valence-corrected chi connectivity index (χ0v) is 5.51. The Hall–Kier alpha value is -0.730. The van der Waals surface area contributed by atoms with Gasteiger partial charge < -0.3 is 0 Å².